The van der Waals surface area contributed by atoms with Crippen LogP contribution in [0.1, 0.15) is 84.5 Å². The first-order valence-electron chi connectivity index (χ1n) is 8.36. The highest BCUT2D eigenvalue weighted by Gasteiger charge is 2.39. The Labute approximate surface area is 109 Å². The SMILES string of the molecule is CCCC(CC)B(C1CCCC1)C1CCCC1. The fourth-order valence-corrected chi connectivity index (χ4v) is 4.88. The van der Waals surface area contributed by atoms with Crippen molar-refractivity contribution in [2.75, 3.05) is 0 Å². The molecule has 98 valence electrons. The summed E-state index contributed by atoms with van der Waals surface area (Å²) in [6, 6.07) is 0. The first-order valence-corrected chi connectivity index (χ1v) is 8.36. The summed E-state index contributed by atoms with van der Waals surface area (Å²) in [5.74, 6) is 3.26. The third-order valence-electron chi connectivity index (χ3n) is 5.62. The zero-order chi connectivity index (χ0) is 12.1. The van der Waals surface area contributed by atoms with Crippen LogP contribution in [0.4, 0.5) is 0 Å². The highest BCUT2D eigenvalue weighted by molar-refractivity contribution is 6.63. The van der Waals surface area contributed by atoms with E-state index in [2.05, 4.69) is 13.8 Å². The molecule has 2 aliphatic rings. The van der Waals surface area contributed by atoms with Gasteiger partial charge in [-0.05, 0) is 0 Å². The first kappa shape index (κ1) is 13.5. The predicted molar refractivity (Wildman–Crippen MR) is 79.1 cm³/mol. The summed E-state index contributed by atoms with van der Waals surface area (Å²) in [5.41, 5.74) is 0. The number of hydrogen-bond acceptors (Lipinski definition) is 0. The molecule has 0 aromatic carbocycles. The van der Waals surface area contributed by atoms with E-state index >= 15 is 0 Å². The van der Waals surface area contributed by atoms with Crippen LogP contribution < -0.4 is 0 Å². The third-order valence-corrected chi connectivity index (χ3v) is 5.62. The van der Waals surface area contributed by atoms with Crippen LogP contribution in [-0.2, 0) is 0 Å². The molecule has 1 atom stereocenters. The van der Waals surface area contributed by atoms with Crippen LogP contribution >= 0.6 is 0 Å². The fraction of sp³-hybridized carbons (Fsp3) is 1.00. The maximum Gasteiger partial charge on any atom is 0.149 e. The molecule has 0 amide bonds. The molecule has 0 aliphatic heterocycles. The lowest BCUT2D eigenvalue weighted by Gasteiger charge is -2.33. The van der Waals surface area contributed by atoms with Crippen molar-refractivity contribution in [2.24, 2.45) is 0 Å². The monoisotopic (exact) mass is 234 g/mol. The van der Waals surface area contributed by atoms with Crippen molar-refractivity contribution in [2.45, 2.75) is 102 Å². The molecular formula is C16H31B. The summed E-state index contributed by atoms with van der Waals surface area (Å²) in [7, 11) is 0. The highest BCUT2D eigenvalue weighted by atomic mass is 14.2. The molecule has 0 aromatic rings. The average Bonchev–Trinajstić information content (AvgIpc) is 3.01. The Kier molecular flexibility index (Phi) is 5.44. The largest absolute Gasteiger partial charge is 0.149 e. The molecule has 17 heavy (non-hydrogen) atoms. The van der Waals surface area contributed by atoms with Gasteiger partial charge >= 0.3 is 0 Å². The van der Waals surface area contributed by atoms with Gasteiger partial charge in [0.2, 0.25) is 0 Å². The molecule has 0 saturated heterocycles. The normalized spacial score (nSPS) is 24.4. The first-order chi connectivity index (χ1) is 8.36. The van der Waals surface area contributed by atoms with Crippen molar-refractivity contribution >= 4 is 6.71 Å². The van der Waals surface area contributed by atoms with Gasteiger partial charge in [-0.3, -0.25) is 0 Å². The van der Waals surface area contributed by atoms with Crippen LogP contribution in [-0.4, -0.2) is 6.71 Å². The zero-order valence-electron chi connectivity index (χ0n) is 12.1. The van der Waals surface area contributed by atoms with Gasteiger partial charge in [0.05, 0.1) is 0 Å². The van der Waals surface area contributed by atoms with Crippen molar-refractivity contribution in [1.29, 1.82) is 0 Å². The molecule has 0 radical (unpaired) electrons. The molecule has 0 nitrogen and oxygen atoms in total. The van der Waals surface area contributed by atoms with E-state index in [0.29, 0.717) is 0 Å². The van der Waals surface area contributed by atoms with E-state index in [1.807, 2.05) is 0 Å². The third kappa shape index (κ3) is 3.29. The van der Waals surface area contributed by atoms with Crippen molar-refractivity contribution in [1.82, 2.24) is 0 Å². The van der Waals surface area contributed by atoms with Gasteiger partial charge in [0, 0.05) is 0 Å². The molecular weight excluding hydrogens is 203 g/mol. The van der Waals surface area contributed by atoms with Gasteiger partial charge in [-0.2, -0.15) is 0 Å². The van der Waals surface area contributed by atoms with Gasteiger partial charge in [-0.15, -0.1) is 0 Å². The number of hydrogen-bond donors (Lipinski definition) is 0. The Morgan fingerprint density at radius 3 is 1.71 bits per heavy atom. The van der Waals surface area contributed by atoms with E-state index in [0.717, 1.165) is 24.2 Å². The maximum atomic E-state index is 2.44. The van der Waals surface area contributed by atoms with Crippen molar-refractivity contribution < 1.29 is 0 Å². The average molecular weight is 234 g/mol. The minimum Gasteiger partial charge on any atom is -0.0658 e. The van der Waals surface area contributed by atoms with E-state index < -0.39 is 0 Å². The Balaban J connectivity index is 2.03. The van der Waals surface area contributed by atoms with Gasteiger partial charge in [-0.1, -0.05) is 102 Å². The van der Waals surface area contributed by atoms with Crippen LogP contribution in [0.5, 0.6) is 0 Å². The second kappa shape index (κ2) is 6.85. The van der Waals surface area contributed by atoms with Crippen LogP contribution in [0.25, 0.3) is 0 Å². The molecule has 0 aromatic heterocycles. The van der Waals surface area contributed by atoms with Crippen molar-refractivity contribution in [3.8, 4) is 0 Å². The van der Waals surface area contributed by atoms with E-state index in [-0.39, 0.29) is 0 Å². The smallest absolute Gasteiger partial charge is 0.0658 e. The molecule has 2 saturated carbocycles. The Morgan fingerprint density at radius 1 is 0.882 bits per heavy atom. The second-order valence-corrected chi connectivity index (χ2v) is 6.62. The molecule has 2 fully saturated rings. The topological polar surface area (TPSA) is 0 Å². The summed E-state index contributed by atoms with van der Waals surface area (Å²) in [6.45, 7) is 5.92. The second-order valence-electron chi connectivity index (χ2n) is 6.62. The molecule has 0 heterocycles. The molecule has 2 aliphatic carbocycles. The Hall–Kier alpha value is 0.0649. The van der Waals surface area contributed by atoms with Crippen molar-refractivity contribution in [3.05, 3.63) is 0 Å². The minimum absolute atomic E-state index is 1.05. The van der Waals surface area contributed by atoms with E-state index in [1.165, 1.54) is 44.9 Å². The summed E-state index contributed by atoms with van der Waals surface area (Å²) in [5, 5.41) is 0. The van der Waals surface area contributed by atoms with E-state index in [1.54, 1.807) is 25.7 Å². The number of rotatable bonds is 6. The Morgan fingerprint density at radius 2 is 1.35 bits per heavy atom. The standard InChI is InChI=1S/C16H31B/c1-3-9-14(4-2)17(15-10-5-6-11-15)16-12-7-8-13-16/h14-16H,3-13H2,1-2H3. The summed E-state index contributed by atoms with van der Waals surface area (Å²) in [4.78, 5) is 0. The van der Waals surface area contributed by atoms with Crippen molar-refractivity contribution in [3.63, 3.8) is 0 Å². The molecule has 1 unspecified atom stereocenters. The summed E-state index contributed by atoms with van der Waals surface area (Å²) < 4.78 is 0. The predicted octanol–water partition coefficient (Wildman–Crippen LogP) is 5.95. The van der Waals surface area contributed by atoms with Gasteiger partial charge in [0.25, 0.3) is 0 Å². The van der Waals surface area contributed by atoms with Gasteiger partial charge in [0.1, 0.15) is 6.71 Å². The van der Waals surface area contributed by atoms with Crippen LogP contribution in [0.2, 0.25) is 17.5 Å². The summed E-state index contributed by atoms with van der Waals surface area (Å²) in [6.07, 6.45) is 16.7. The highest BCUT2D eigenvalue weighted by Crippen LogP contribution is 2.49. The van der Waals surface area contributed by atoms with Crippen LogP contribution in [0.3, 0.4) is 0 Å². The lowest BCUT2D eigenvalue weighted by atomic mass is 9.26. The maximum absolute atomic E-state index is 2.44. The van der Waals surface area contributed by atoms with Crippen LogP contribution in [0.15, 0.2) is 0 Å². The minimum atomic E-state index is 1.05. The quantitative estimate of drug-likeness (QED) is 0.498. The Bertz CT molecular complexity index is 186. The van der Waals surface area contributed by atoms with Gasteiger partial charge in [-0.25, -0.2) is 0 Å². The molecule has 0 bridgehead atoms. The molecule has 1 heteroatoms. The molecule has 0 N–H and O–H groups in total. The zero-order valence-corrected chi connectivity index (χ0v) is 12.1. The van der Waals surface area contributed by atoms with E-state index in [4.69, 9.17) is 0 Å². The van der Waals surface area contributed by atoms with E-state index in [9.17, 15) is 0 Å². The van der Waals surface area contributed by atoms with Crippen LogP contribution in [0, 0.1) is 0 Å². The molecule has 2 rings (SSSR count). The lowest BCUT2D eigenvalue weighted by molar-refractivity contribution is 0.636. The lowest BCUT2D eigenvalue weighted by Crippen LogP contribution is -2.30. The van der Waals surface area contributed by atoms with Gasteiger partial charge < -0.3 is 0 Å². The molecule has 0 spiro atoms. The fourth-order valence-electron chi connectivity index (χ4n) is 4.88. The van der Waals surface area contributed by atoms with Gasteiger partial charge in [0.15, 0.2) is 0 Å². The summed E-state index contributed by atoms with van der Waals surface area (Å²) >= 11 is 0.